The molecule has 0 atom stereocenters. The molecule has 0 unspecified atom stereocenters. The van der Waals surface area contributed by atoms with Gasteiger partial charge in [-0.25, -0.2) is 9.78 Å². The topological polar surface area (TPSA) is 93.1 Å². The lowest BCUT2D eigenvalue weighted by atomic mass is 10.0. The van der Waals surface area contributed by atoms with Crippen LogP contribution in [0.25, 0.3) is 11.0 Å². The monoisotopic (exact) mass is 437 g/mol. The van der Waals surface area contributed by atoms with E-state index >= 15 is 0 Å². The number of para-hydroxylation sites is 2. The average molecular weight is 438 g/mol. The van der Waals surface area contributed by atoms with Crippen molar-refractivity contribution in [3.63, 3.8) is 0 Å². The van der Waals surface area contributed by atoms with Gasteiger partial charge >= 0.3 is 5.97 Å². The van der Waals surface area contributed by atoms with Crippen molar-refractivity contribution in [2.45, 2.75) is 59.5 Å². The molecule has 8 nitrogen and oxygen atoms in total. The van der Waals surface area contributed by atoms with Gasteiger partial charge in [-0.05, 0) is 31.4 Å². The first-order chi connectivity index (χ1) is 15.5. The van der Waals surface area contributed by atoms with Crippen LogP contribution in [0.2, 0.25) is 0 Å². The molecule has 1 aromatic carbocycles. The van der Waals surface area contributed by atoms with Crippen molar-refractivity contribution >= 4 is 22.9 Å². The van der Waals surface area contributed by atoms with E-state index in [1.54, 1.807) is 6.92 Å². The van der Waals surface area contributed by atoms with Gasteiger partial charge in [0.25, 0.3) is 0 Å². The van der Waals surface area contributed by atoms with Crippen LogP contribution in [0.3, 0.4) is 0 Å². The number of fused-ring (bicyclic) bond motifs is 2. The number of carbonyl (C=O) groups excluding carboxylic acids is 2. The first kappa shape index (κ1) is 22.0. The van der Waals surface area contributed by atoms with Crippen LogP contribution in [-0.4, -0.2) is 49.7 Å². The lowest BCUT2D eigenvalue weighted by Crippen LogP contribution is -2.37. The summed E-state index contributed by atoms with van der Waals surface area (Å²) >= 11 is 0. The second kappa shape index (κ2) is 9.54. The quantitative estimate of drug-likeness (QED) is 0.545. The number of aryl methyl sites for hydroxylation is 2. The van der Waals surface area contributed by atoms with Crippen molar-refractivity contribution in [2.75, 3.05) is 13.2 Å². The molecule has 0 fully saturated rings. The number of esters is 1. The van der Waals surface area contributed by atoms with E-state index in [1.807, 2.05) is 33.8 Å². The number of hydrogen-bond donors (Lipinski definition) is 1. The highest BCUT2D eigenvalue weighted by Crippen LogP contribution is 2.25. The molecule has 0 saturated heterocycles. The highest BCUT2D eigenvalue weighted by atomic mass is 16.5. The fraction of sp³-hybridized carbons (Fsp3) is 0.500. The Balaban J connectivity index is 1.47. The molecule has 170 valence electrons. The molecule has 32 heavy (non-hydrogen) atoms. The van der Waals surface area contributed by atoms with Gasteiger partial charge in [0.05, 0.1) is 17.6 Å². The molecule has 1 N–H and O–H groups in total. The van der Waals surface area contributed by atoms with Crippen LogP contribution in [0, 0.1) is 5.92 Å². The fourth-order valence-electron chi connectivity index (χ4n) is 4.14. The van der Waals surface area contributed by atoms with Crippen molar-refractivity contribution in [1.29, 1.82) is 0 Å². The van der Waals surface area contributed by atoms with E-state index in [0.717, 1.165) is 41.1 Å². The Morgan fingerprint density at radius 3 is 2.81 bits per heavy atom. The van der Waals surface area contributed by atoms with Gasteiger partial charge in [0, 0.05) is 50.2 Å². The van der Waals surface area contributed by atoms with Crippen molar-refractivity contribution < 1.29 is 14.3 Å². The predicted octanol–water partition coefficient (Wildman–Crippen LogP) is 3.50. The number of aromatic amines is 1. The molecule has 4 rings (SSSR count). The predicted molar refractivity (Wildman–Crippen MR) is 121 cm³/mol. The van der Waals surface area contributed by atoms with Crippen LogP contribution in [0.4, 0.5) is 0 Å². The Hall–Kier alpha value is -3.16. The summed E-state index contributed by atoms with van der Waals surface area (Å²) in [6, 6.07) is 7.85. The van der Waals surface area contributed by atoms with Gasteiger partial charge in [-0.3, -0.25) is 9.48 Å². The number of nitrogens with zero attached hydrogens (tertiary/aromatic N) is 4. The number of aromatic nitrogens is 4. The van der Waals surface area contributed by atoms with Gasteiger partial charge in [-0.15, -0.1) is 0 Å². The molecule has 0 radical (unpaired) electrons. The third-order valence-corrected chi connectivity index (χ3v) is 5.89. The minimum Gasteiger partial charge on any atom is -0.461 e. The van der Waals surface area contributed by atoms with Crippen LogP contribution in [0.15, 0.2) is 24.3 Å². The molecule has 3 heterocycles. The zero-order valence-electron chi connectivity index (χ0n) is 19.1. The largest absolute Gasteiger partial charge is 0.461 e. The number of hydrogen-bond acceptors (Lipinski definition) is 5. The van der Waals surface area contributed by atoms with Crippen LogP contribution < -0.4 is 0 Å². The molecular weight excluding hydrogens is 406 g/mol. The molecule has 8 heteroatoms. The molecule has 2 aromatic heterocycles. The van der Waals surface area contributed by atoms with E-state index in [-0.39, 0.29) is 5.91 Å². The number of amides is 1. The van der Waals surface area contributed by atoms with E-state index < -0.39 is 5.97 Å². The van der Waals surface area contributed by atoms with Gasteiger partial charge in [0.1, 0.15) is 5.82 Å². The van der Waals surface area contributed by atoms with Gasteiger partial charge in [-0.2, -0.15) is 5.10 Å². The summed E-state index contributed by atoms with van der Waals surface area (Å²) in [5.74, 6) is 0.997. The Kier molecular flexibility index (Phi) is 6.58. The molecule has 0 bridgehead atoms. The molecule has 0 aliphatic carbocycles. The maximum atomic E-state index is 13.0. The Labute approximate surface area is 188 Å². The van der Waals surface area contributed by atoms with Gasteiger partial charge in [0.2, 0.25) is 5.91 Å². The molecule has 0 saturated carbocycles. The summed E-state index contributed by atoms with van der Waals surface area (Å²) in [6.45, 7) is 8.21. The zero-order valence-corrected chi connectivity index (χ0v) is 19.1. The lowest BCUT2D eigenvalue weighted by molar-refractivity contribution is -0.132. The number of benzene rings is 1. The average Bonchev–Trinajstić information content (AvgIpc) is 3.36. The van der Waals surface area contributed by atoms with Gasteiger partial charge < -0.3 is 14.6 Å². The van der Waals surface area contributed by atoms with E-state index in [4.69, 9.17) is 4.74 Å². The molecule has 1 aliphatic rings. The number of carbonyl (C=O) groups is 2. The minimum atomic E-state index is -0.413. The van der Waals surface area contributed by atoms with Gasteiger partial charge in [-0.1, -0.05) is 26.0 Å². The smallest absolute Gasteiger partial charge is 0.359 e. The Bertz CT molecular complexity index is 1080. The molecule has 3 aromatic rings. The fourth-order valence-corrected chi connectivity index (χ4v) is 4.14. The third-order valence-electron chi connectivity index (χ3n) is 5.89. The van der Waals surface area contributed by atoms with Crippen molar-refractivity contribution in [2.24, 2.45) is 5.92 Å². The number of nitrogens with one attached hydrogen (secondary N) is 1. The number of rotatable bonds is 8. The summed E-state index contributed by atoms with van der Waals surface area (Å²) in [6.07, 6.45) is 2.59. The highest BCUT2D eigenvalue weighted by molar-refractivity contribution is 5.89. The second-order valence-electron chi connectivity index (χ2n) is 8.67. The van der Waals surface area contributed by atoms with Crippen molar-refractivity contribution in [3.05, 3.63) is 47.0 Å². The summed E-state index contributed by atoms with van der Waals surface area (Å²) in [5.41, 5.74) is 4.11. The maximum absolute atomic E-state index is 13.0. The molecular formula is C24H31N5O3. The number of imidazole rings is 1. The number of H-pyrrole nitrogens is 1. The van der Waals surface area contributed by atoms with Crippen LogP contribution >= 0.6 is 0 Å². The first-order valence-electron chi connectivity index (χ1n) is 11.4. The summed E-state index contributed by atoms with van der Waals surface area (Å²) in [7, 11) is 0. The lowest BCUT2D eigenvalue weighted by Gasteiger charge is -2.28. The SMILES string of the molecule is CCOC(=O)c1nn(CCC(C)C)c2c1CN(C(=O)CCc1nc3ccccc3[nH]1)CC2. The molecule has 0 spiro atoms. The normalized spacial score (nSPS) is 13.6. The summed E-state index contributed by atoms with van der Waals surface area (Å²) < 4.78 is 7.17. The highest BCUT2D eigenvalue weighted by Gasteiger charge is 2.30. The van der Waals surface area contributed by atoms with Crippen molar-refractivity contribution in [3.8, 4) is 0 Å². The van der Waals surface area contributed by atoms with E-state index in [9.17, 15) is 9.59 Å². The van der Waals surface area contributed by atoms with Crippen LogP contribution in [0.1, 0.15) is 61.2 Å². The van der Waals surface area contributed by atoms with Crippen LogP contribution in [-0.2, 0) is 35.5 Å². The maximum Gasteiger partial charge on any atom is 0.359 e. The third kappa shape index (κ3) is 4.69. The minimum absolute atomic E-state index is 0.0563. The zero-order chi connectivity index (χ0) is 22.7. The molecule has 1 aliphatic heterocycles. The summed E-state index contributed by atoms with van der Waals surface area (Å²) in [4.78, 5) is 35.2. The van der Waals surface area contributed by atoms with E-state index in [1.165, 1.54) is 0 Å². The molecule has 1 amide bonds. The van der Waals surface area contributed by atoms with Crippen molar-refractivity contribution in [1.82, 2.24) is 24.6 Å². The standard InChI is InChI=1S/C24H31N5O3/c1-4-32-24(31)23-17-15-28(13-12-20(17)29(27-23)14-11-16(2)3)22(30)10-9-21-25-18-7-5-6-8-19(18)26-21/h5-8,16H,4,9-15H2,1-3H3,(H,25,26). The Morgan fingerprint density at radius 1 is 1.25 bits per heavy atom. The van der Waals surface area contributed by atoms with Gasteiger partial charge in [0.15, 0.2) is 5.69 Å². The number of ether oxygens (including phenoxy) is 1. The second-order valence-corrected chi connectivity index (χ2v) is 8.67. The van der Waals surface area contributed by atoms with Crippen LogP contribution in [0.5, 0.6) is 0 Å². The first-order valence-corrected chi connectivity index (χ1v) is 11.4. The summed E-state index contributed by atoms with van der Waals surface area (Å²) in [5, 5.41) is 4.58. The van der Waals surface area contributed by atoms with E-state index in [2.05, 4.69) is 28.9 Å². The Morgan fingerprint density at radius 2 is 2.06 bits per heavy atom. The van der Waals surface area contributed by atoms with E-state index in [0.29, 0.717) is 50.6 Å².